The highest BCUT2D eigenvalue weighted by Gasteiger charge is 2.28. The molecule has 0 atom stereocenters. The quantitative estimate of drug-likeness (QED) is 0.894. The van der Waals surface area contributed by atoms with Gasteiger partial charge in [0.05, 0.1) is 19.6 Å². The lowest BCUT2D eigenvalue weighted by Gasteiger charge is -2.21. The highest BCUT2D eigenvalue weighted by molar-refractivity contribution is 6.08. The molecule has 7 nitrogen and oxygen atoms in total. The van der Waals surface area contributed by atoms with Crippen molar-refractivity contribution in [2.24, 2.45) is 0 Å². The Morgan fingerprint density at radius 2 is 1.75 bits per heavy atom. The van der Waals surface area contributed by atoms with Gasteiger partial charge in [-0.1, -0.05) is 20.8 Å². The summed E-state index contributed by atoms with van der Waals surface area (Å²) in [7, 11) is 2.65. The molecule has 1 heterocycles. The van der Waals surface area contributed by atoms with Gasteiger partial charge < -0.3 is 20.5 Å². The zero-order valence-corrected chi connectivity index (χ0v) is 14.6. The molecule has 3 N–H and O–H groups in total. The maximum Gasteiger partial charge on any atom is 0.221 e. The first-order valence-electron chi connectivity index (χ1n) is 7.30. The van der Waals surface area contributed by atoms with Gasteiger partial charge in [0.1, 0.15) is 22.8 Å². The summed E-state index contributed by atoms with van der Waals surface area (Å²) in [4.78, 5) is 20.1. The number of hydrogen-bond donors (Lipinski definition) is 2. The molecule has 130 valence electrons. The van der Waals surface area contributed by atoms with Crippen LogP contribution in [-0.2, 0) is 10.2 Å². The smallest absolute Gasteiger partial charge is 0.221 e. The lowest BCUT2D eigenvalue weighted by molar-refractivity contribution is -0.114. The van der Waals surface area contributed by atoms with E-state index < -0.39 is 11.2 Å². The van der Waals surface area contributed by atoms with Crippen molar-refractivity contribution in [2.45, 2.75) is 33.1 Å². The van der Waals surface area contributed by atoms with Crippen LogP contribution in [-0.4, -0.2) is 30.1 Å². The Morgan fingerprint density at radius 3 is 2.21 bits per heavy atom. The fraction of sp³-hybridized carbons (Fsp3) is 0.438. The van der Waals surface area contributed by atoms with Crippen molar-refractivity contribution in [3.05, 3.63) is 11.6 Å². The van der Waals surface area contributed by atoms with Gasteiger partial charge in [-0.15, -0.1) is 0 Å². The van der Waals surface area contributed by atoms with Crippen molar-refractivity contribution >= 4 is 28.3 Å². The van der Waals surface area contributed by atoms with Gasteiger partial charge in [-0.2, -0.15) is 0 Å². The normalized spacial score (nSPS) is 11.5. The highest BCUT2D eigenvalue weighted by atomic mass is 19.1. The largest absolute Gasteiger partial charge is 0.491 e. The van der Waals surface area contributed by atoms with E-state index in [0.29, 0.717) is 5.82 Å². The number of benzene rings is 1. The Labute approximate surface area is 139 Å². The van der Waals surface area contributed by atoms with Crippen molar-refractivity contribution in [1.82, 2.24) is 9.97 Å². The molecule has 0 aliphatic heterocycles. The number of anilines is 2. The molecular formula is C16H21FN4O3. The lowest BCUT2D eigenvalue weighted by atomic mass is 9.95. The molecule has 24 heavy (non-hydrogen) atoms. The van der Waals surface area contributed by atoms with Crippen LogP contribution in [0.3, 0.4) is 0 Å². The van der Waals surface area contributed by atoms with Gasteiger partial charge in [0.2, 0.25) is 11.7 Å². The summed E-state index contributed by atoms with van der Waals surface area (Å²) in [6, 6.07) is 0. The van der Waals surface area contributed by atoms with Crippen LogP contribution in [0.25, 0.3) is 10.9 Å². The molecule has 2 aromatic rings. The first-order valence-corrected chi connectivity index (χ1v) is 7.30. The van der Waals surface area contributed by atoms with Gasteiger partial charge in [0.25, 0.3) is 0 Å². The Kier molecular flexibility index (Phi) is 4.50. The molecule has 0 bridgehead atoms. The molecule has 2 rings (SSSR count). The zero-order valence-electron chi connectivity index (χ0n) is 14.6. The summed E-state index contributed by atoms with van der Waals surface area (Å²) in [6.07, 6.45) is 0. The number of nitrogen functional groups attached to an aromatic ring is 1. The second kappa shape index (κ2) is 6.10. The number of halogens is 1. The van der Waals surface area contributed by atoms with E-state index in [1.54, 1.807) is 0 Å². The van der Waals surface area contributed by atoms with Crippen LogP contribution in [0.4, 0.5) is 15.9 Å². The molecule has 8 heteroatoms. The molecule has 0 unspecified atom stereocenters. The minimum Gasteiger partial charge on any atom is -0.491 e. The molecule has 0 saturated heterocycles. The van der Waals surface area contributed by atoms with Crippen molar-refractivity contribution in [3.8, 4) is 11.5 Å². The first-order chi connectivity index (χ1) is 11.1. The van der Waals surface area contributed by atoms with E-state index >= 15 is 0 Å². The van der Waals surface area contributed by atoms with Gasteiger partial charge in [-0.3, -0.25) is 4.79 Å². The third-order valence-electron chi connectivity index (χ3n) is 3.41. The number of hydrogen-bond acceptors (Lipinski definition) is 6. The van der Waals surface area contributed by atoms with Crippen LogP contribution >= 0.6 is 0 Å². The lowest BCUT2D eigenvalue weighted by Crippen LogP contribution is -2.18. The molecular weight excluding hydrogens is 315 g/mol. The maximum absolute atomic E-state index is 14.9. The molecule has 1 amide bonds. The average molecular weight is 336 g/mol. The summed E-state index contributed by atoms with van der Waals surface area (Å²) < 4.78 is 25.2. The number of ether oxygens (including phenoxy) is 2. The van der Waals surface area contributed by atoms with E-state index in [9.17, 15) is 9.18 Å². The van der Waals surface area contributed by atoms with E-state index in [1.165, 1.54) is 21.1 Å². The summed E-state index contributed by atoms with van der Waals surface area (Å²) in [5.74, 6) is -0.801. The predicted molar refractivity (Wildman–Crippen MR) is 90.0 cm³/mol. The third-order valence-corrected chi connectivity index (χ3v) is 3.41. The summed E-state index contributed by atoms with van der Waals surface area (Å²) in [5, 5.41) is 2.77. The van der Waals surface area contributed by atoms with E-state index in [4.69, 9.17) is 15.2 Å². The average Bonchev–Trinajstić information content (AvgIpc) is 2.47. The van der Waals surface area contributed by atoms with E-state index in [-0.39, 0.29) is 39.8 Å². The van der Waals surface area contributed by atoms with Crippen LogP contribution in [0, 0.1) is 5.82 Å². The number of nitrogens with zero attached hydrogens (tertiary/aromatic N) is 2. The summed E-state index contributed by atoms with van der Waals surface area (Å²) >= 11 is 0. The third kappa shape index (κ3) is 2.91. The molecule has 1 aromatic heterocycles. The fourth-order valence-electron chi connectivity index (χ4n) is 2.33. The van der Waals surface area contributed by atoms with Gasteiger partial charge in [0.15, 0.2) is 11.6 Å². The topological polar surface area (TPSA) is 99.4 Å². The molecule has 0 saturated carbocycles. The molecule has 0 aliphatic carbocycles. The van der Waals surface area contributed by atoms with E-state index in [1.807, 2.05) is 20.8 Å². The Morgan fingerprint density at radius 1 is 1.17 bits per heavy atom. The Balaban J connectivity index is 3.00. The second-order valence-electron chi connectivity index (χ2n) is 6.34. The first kappa shape index (κ1) is 17.7. The van der Waals surface area contributed by atoms with E-state index in [0.717, 1.165) is 0 Å². The maximum atomic E-state index is 14.9. The Hall–Kier alpha value is -2.64. The summed E-state index contributed by atoms with van der Waals surface area (Å²) in [6.45, 7) is 6.99. The van der Waals surface area contributed by atoms with Crippen LogP contribution in [0.2, 0.25) is 0 Å². The highest BCUT2D eigenvalue weighted by Crippen LogP contribution is 2.45. The van der Waals surface area contributed by atoms with Gasteiger partial charge in [-0.25, -0.2) is 14.4 Å². The molecule has 0 aliphatic rings. The minimum absolute atomic E-state index is 0.0245. The standard InChI is InChI=1S/C16H21FN4O3/c1-7(22)19-11-8-10(9(17)12(23-5)13(11)24-6)20-15(16(2,3)4)21-14(8)18/h1-6H3,(H,19,22)(H2,18,20,21). The summed E-state index contributed by atoms with van der Waals surface area (Å²) in [5.41, 5.74) is 5.76. The SMILES string of the molecule is COc1c(OC)c(NC(C)=O)c2c(N)nc(C(C)(C)C)nc2c1F. The number of amides is 1. The number of fused-ring (bicyclic) bond motifs is 1. The number of nitrogens with one attached hydrogen (secondary N) is 1. The predicted octanol–water partition coefficient (Wildman–Crippen LogP) is 2.62. The van der Waals surface area contributed by atoms with Crippen LogP contribution in [0.5, 0.6) is 11.5 Å². The molecule has 0 fully saturated rings. The van der Waals surface area contributed by atoms with Gasteiger partial charge in [0, 0.05) is 12.3 Å². The molecule has 0 spiro atoms. The van der Waals surface area contributed by atoms with Crippen molar-refractivity contribution in [1.29, 1.82) is 0 Å². The zero-order chi connectivity index (χ0) is 18.2. The van der Waals surface area contributed by atoms with Gasteiger partial charge in [-0.05, 0) is 0 Å². The monoisotopic (exact) mass is 336 g/mol. The number of nitrogens with two attached hydrogens (primary N) is 1. The number of aromatic nitrogens is 2. The van der Waals surface area contributed by atoms with Crippen molar-refractivity contribution in [2.75, 3.05) is 25.3 Å². The number of methoxy groups -OCH3 is 2. The van der Waals surface area contributed by atoms with Crippen LogP contribution < -0.4 is 20.5 Å². The number of carbonyl (C=O) groups is 1. The molecule has 0 radical (unpaired) electrons. The number of carbonyl (C=O) groups excluding carboxylic acids is 1. The number of rotatable bonds is 3. The second-order valence-corrected chi connectivity index (χ2v) is 6.34. The minimum atomic E-state index is -0.724. The van der Waals surface area contributed by atoms with Gasteiger partial charge >= 0.3 is 0 Å². The molecule has 1 aromatic carbocycles. The van der Waals surface area contributed by atoms with Crippen molar-refractivity contribution in [3.63, 3.8) is 0 Å². The van der Waals surface area contributed by atoms with Crippen LogP contribution in [0.15, 0.2) is 0 Å². The van der Waals surface area contributed by atoms with E-state index in [2.05, 4.69) is 15.3 Å². The fourth-order valence-corrected chi connectivity index (χ4v) is 2.33. The Bertz CT molecular complexity index is 816. The van der Waals surface area contributed by atoms with Crippen molar-refractivity contribution < 1.29 is 18.7 Å². The van der Waals surface area contributed by atoms with Crippen LogP contribution in [0.1, 0.15) is 33.5 Å².